The van der Waals surface area contributed by atoms with Gasteiger partial charge in [-0.3, -0.25) is 14.2 Å². The first kappa shape index (κ1) is 31.4. The molecule has 0 aliphatic carbocycles. The van der Waals surface area contributed by atoms with Gasteiger partial charge in [-0.2, -0.15) is 0 Å². The number of aromatic nitrogens is 2. The van der Waals surface area contributed by atoms with Crippen LogP contribution in [0.1, 0.15) is 30.8 Å². The Labute approximate surface area is 244 Å². The maximum absolute atomic E-state index is 13.5. The van der Waals surface area contributed by atoms with E-state index in [2.05, 4.69) is 15.3 Å². The fourth-order valence-corrected chi connectivity index (χ4v) is 5.79. The number of benzene rings is 1. The van der Waals surface area contributed by atoms with Crippen LogP contribution in [0.3, 0.4) is 0 Å². The standard InChI is InChI=1S/C27H37N6O8P/c1-4-41-27(36)33-13-12-32(15-18(33)2)26(35)22(17-42(37,38)39)29-25(34)21-14-23(31-11-10-20(16-31)40-3)30-24(28-21)19-8-6-5-7-9-19/h5-9,14,18,20,22H,4,10-13,15-17H2,1-3H3,(H,29,34)(H2,37,38,39)/t18?,20-,22-/m0/s1. The molecule has 3 heterocycles. The number of methoxy groups -OCH3 is 1. The molecule has 1 unspecified atom stereocenters. The van der Waals surface area contributed by atoms with Gasteiger partial charge in [-0.1, -0.05) is 30.3 Å². The third kappa shape index (κ3) is 7.82. The molecule has 0 radical (unpaired) electrons. The van der Waals surface area contributed by atoms with Crippen molar-refractivity contribution in [2.45, 2.75) is 38.5 Å². The molecule has 228 valence electrons. The van der Waals surface area contributed by atoms with Gasteiger partial charge in [0, 0.05) is 57.5 Å². The van der Waals surface area contributed by atoms with E-state index in [0.29, 0.717) is 30.3 Å². The van der Waals surface area contributed by atoms with Crippen molar-refractivity contribution in [3.63, 3.8) is 0 Å². The number of nitrogens with one attached hydrogen (secondary N) is 1. The van der Waals surface area contributed by atoms with Crippen molar-refractivity contribution in [2.24, 2.45) is 0 Å². The molecule has 15 heteroatoms. The number of nitrogens with zero attached hydrogens (tertiary/aromatic N) is 5. The number of ether oxygens (including phenoxy) is 2. The quantitative estimate of drug-likeness (QED) is 0.352. The van der Waals surface area contributed by atoms with Gasteiger partial charge in [0.1, 0.15) is 17.6 Å². The van der Waals surface area contributed by atoms with Crippen LogP contribution in [0.5, 0.6) is 0 Å². The second-order valence-corrected chi connectivity index (χ2v) is 12.0. The molecular weight excluding hydrogens is 567 g/mol. The van der Waals surface area contributed by atoms with Crippen LogP contribution in [-0.2, 0) is 18.8 Å². The summed E-state index contributed by atoms with van der Waals surface area (Å²) >= 11 is 0. The molecule has 0 bridgehead atoms. The lowest BCUT2D eigenvalue weighted by molar-refractivity contribution is -0.135. The Balaban J connectivity index is 1.58. The lowest BCUT2D eigenvalue weighted by atomic mass is 10.1. The highest BCUT2D eigenvalue weighted by atomic mass is 31.2. The van der Waals surface area contributed by atoms with Crippen LogP contribution in [0, 0.1) is 0 Å². The summed E-state index contributed by atoms with van der Waals surface area (Å²) in [6.45, 7) is 5.27. The molecular formula is C27H37N6O8P. The summed E-state index contributed by atoms with van der Waals surface area (Å²) in [7, 11) is -3.09. The number of amides is 3. The smallest absolute Gasteiger partial charge is 0.410 e. The fourth-order valence-electron chi connectivity index (χ4n) is 5.07. The van der Waals surface area contributed by atoms with Crippen molar-refractivity contribution in [1.82, 2.24) is 25.1 Å². The molecule has 14 nitrogen and oxygen atoms in total. The summed E-state index contributed by atoms with van der Waals surface area (Å²) in [4.78, 5) is 72.7. The van der Waals surface area contributed by atoms with Crippen molar-refractivity contribution in [3.05, 3.63) is 42.1 Å². The number of rotatable bonds is 9. The normalized spacial score (nSPS) is 19.9. The summed E-state index contributed by atoms with van der Waals surface area (Å²) in [6.07, 6.45) is -0.603. The van der Waals surface area contributed by atoms with E-state index >= 15 is 0 Å². The molecule has 0 saturated carbocycles. The number of carbonyl (C=O) groups is 3. The Hall–Kier alpha value is -3.58. The summed E-state index contributed by atoms with van der Waals surface area (Å²) in [5.74, 6) is -0.651. The second kappa shape index (κ2) is 13.6. The largest absolute Gasteiger partial charge is 0.450 e. The zero-order valence-corrected chi connectivity index (χ0v) is 24.8. The van der Waals surface area contributed by atoms with Gasteiger partial charge >= 0.3 is 13.7 Å². The first-order valence-corrected chi connectivity index (χ1v) is 15.6. The molecule has 42 heavy (non-hydrogen) atoms. The molecule has 2 aliphatic heterocycles. The Kier molecular flexibility index (Phi) is 10.2. The maximum atomic E-state index is 13.5. The number of carbonyl (C=O) groups excluding carboxylic acids is 3. The minimum atomic E-state index is -4.72. The maximum Gasteiger partial charge on any atom is 0.410 e. The summed E-state index contributed by atoms with van der Waals surface area (Å²) in [5.41, 5.74) is 0.621. The Morgan fingerprint density at radius 2 is 1.86 bits per heavy atom. The molecule has 1 aromatic heterocycles. The van der Waals surface area contributed by atoms with E-state index in [1.54, 1.807) is 33.1 Å². The van der Waals surface area contributed by atoms with Gasteiger partial charge in [-0.05, 0) is 20.3 Å². The van der Waals surface area contributed by atoms with Gasteiger partial charge in [-0.25, -0.2) is 14.8 Å². The van der Waals surface area contributed by atoms with Gasteiger partial charge in [0.05, 0.1) is 18.9 Å². The van der Waals surface area contributed by atoms with Gasteiger partial charge in [0.25, 0.3) is 5.91 Å². The van der Waals surface area contributed by atoms with E-state index in [9.17, 15) is 28.7 Å². The first-order chi connectivity index (χ1) is 20.0. The van der Waals surface area contributed by atoms with Crippen LogP contribution in [0.4, 0.5) is 10.6 Å². The number of anilines is 1. The average molecular weight is 605 g/mol. The third-order valence-electron chi connectivity index (χ3n) is 7.24. The van der Waals surface area contributed by atoms with Crippen LogP contribution < -0.4 is 10.2 Å². The summed E-state index contributed by atoms with van der Waals surface area (Å²) < 4.78 is 22.5. The van der Waals surface area contributed by atoms with Crippen LogP contribution in [0.15, 0.2) is 36.4 Å². The zero-order chi connectivity index (χ0) is 30.4. The van der Waals surface area contributed by atoms with E-state index in [-0.39, 0.29) is 38.0 Å². The van der Waals surface area contributed by atoms with Crippen LogP contribution in [-0.4, -0.2) is 118 Å². The molecule has 3 atom stereocenters. The average Bonchev–Trinajstić information content (AvgIpc) is 3.45. The van der Waals surface area contributed by atoms with Crippen molar-refractivity contribution < 1.29 is 38.2 Å². The molecule has 2 saturated heterocycles. The number of hydrogen-bond acceptors (Lipinski definition) is 9. The molecule has 2 fully saturated rings. The topological polar surface area (TPSA) is 175 Å². The Morgan fingerprint density at radius 3 is 2.48 bits per heavy atom. The SMILES string of the molecule is CCOC(=O)N1CCN(C(=O)[C@H](CP(=O)(O)O)NC(=O)c2cc(N3CC[C@H](OC)C3)nc(-c3ccccc3)n2)CC1C. The number of piperazine rings is 1. The number of hydrogen-bond donors (Lipinski definition) is 3. The highest BCUT2D eigenvalue weighted by Crippen LogP contribution is 2.35. The van der Waals surface area contributed by atoms with Gasteiger partial charge < -0.3 is 39.3 Å². The Morgan fingerprint density at radius 1 is 1.12 bits per heavy atom. The monoisotopic (exact) mass is 604 g/mol. The van der Waals surface area contributed by atoms with E-state index in [0.717, 1.165) is 6.42 Å². The van der Waals surface area contributed by atoms with Crippen molar-refractivity contribution >= 4 is 31.3 Å². The Bertz CT molecular complexity index is 1320. The van der Waals surface area contributed by atoms with Gasteiger partial charge in [0.2, 0.25) is 5.91 Å². The summed E-state index contributed by atoms with van der Waals surface area (Å²) in [6, 6.07) is 8.67. The van der Waals surface area contributed by atoms with Crippen molar-refractivity contribution in [2.75, 3.05) is 57.5 Å². The fraction of sp³-hybridized carbons (Fsp3) is 0.519. The van der Waals surface area contributed by atoms with Crippen LogP contribution in [0.2, 0.25) is 0 Å². The highest BCUT2D eigenvalue weighted by Gasteiger charge is 2.37. The molecule has 3 amide bonds. The van der Waals surface area contributed by atoms with E-state index < -0.39 is 43.7 Å². The molecule has 3 N–H and O–H groups in total. The predicted octanol–water partition coefficient (Wildman–Crippen LogP) is 1.33. The third-order valence-corrected chi connectivity index (χ3v) is 8.09. The van der Waals surface area contributed by atoms with E-state index in [1.165, 1.54) is 15.9 Å². The lowest BCUT2D eigenvalue weighted by Crippen LogP contribution is -2.59. The zero-order valence-electron chi connectivity index (χ0n) is 23.9. The van der Waals surface area contributed by atoms with Crippen molar-refractivity contribution in [1.29, 1.82) is 0 Å². The molecule has 2 aliphatic rings. The summed E-state index contributed by atoms with van der Waals surface area (Å²) in [5, 5.41) is 2.51. The lowest BCUT2D eigenvalue weighted by Gasteiger charge is -2.40. The molecule has 2 aromatic rings. The van der Waals surface area contributed by atoms with Crippen molar-refractivity contribution in [3.8, 4) is 11.4 Å². The van der Waals surface area contributed by atoms with Gasteiger partial charge in [-0.15, -0.1) is 0 Å². The minimum absolute atomic E-state index is 0.00867. The van der Waals surface area contributed by atoms with Crippen LogP contribution in [0.25, 0.3) is 11.4 Å². The molecule has 4 rings (SSSR count). The minimum Gasteiger partial charge on any atom is -0.450 e. The molecule has 1 aromatic carbocycles. The first-order valence-electron chi connectivity index (χ1n) is 13.8. The second-order valence-electron chi connectivity index (χ2n) is 10.3. The predicted molar refractivity (Wildman–Crippen MR) is 153 cm³/mol. The highest BCUT2D eigenvalue weighted by molar-refractivity contribution is 7.51. The van der Waals surface area contributed by atoms with Crippen LogP contribution >= 0.6 is 7.60 Å². The molecule has 0 spiro atoms. The van der Waals surface area contributed by atoms with E-state index in [1.807, 2.05) is 23.1 Å². The van der Waals surface area contributed by atoms with Gasteiger partial charge in [0.15, 0.2) is 5.82 Å². The van der Waals surface area contributed by atoms with E-state index in [4.69, 9.17) is 9.47 Å².